The molecule has 0 heterocycles. The summed E-state index contributed by atoms with van der Waals surface area (Å²) in [6.45, 7) is 2.19. The molecule has 1 rings (SSSR count). The van der Waals surface area contributed by atoms with Crippen LogP contribution in [-0.2, 0) is 0 Å². The maximum atomic E-state index is 13.2. The largest absolute Gasteiger partial charge is 0.493 e. The summed E-state index contributed by atoms with van der Waals surface area (Å²) >= 11 is 0. The van der Waals surface area contributed by atoms with E-state index in [1.807, 2.05) is 0 Å². The van der Waals surface area contributed by atoms with Gasteiger partial charge >= 0.3 is 0 Å². The van der Waals surface area contributed by atoms with Gasteiger partial charge in [-0.3, -0.25) is 0 Å². The first-order valence-electron chi connectivity index (χ1n) is 5.49. The number of rotatable bonds is 6. The van der Waals surface area contributed by atoms with Crippen LogP contribution < -0.4 is 10.5 Å². The topological polar surface area (TPSA) is 67.8 Å². The molecule has 0 saturated heterocycles. The Morgan fingerprint density at radius 3 is 2.88 bits per heavy atom. The van der Waals surface area contributed by atoms with E-state index in [0.717, 1.165) is 12.8 Å². The van der Waals surface area contributed by atoms with Crippen molar-refractivity contribution in [3.8, 4) is 5.75 Å². The molecule has 0 aromatic heterocycles. The zero-order valence-corrected chi connectivity index (χ0v) is 9.82. The van der Waals surface area contributed by atoms with Gasteiger partial charge in [0.1, 0.15) is 17.4 Å². The highest BCUT2D eigenvalue weighted by Crippen LogP contribution is 2.16. The number of nitrogens with zero attached hydrogens (tertiary/aromatic N) is 1. The van der Waals surface area contributed by atoms with Crippen LogP contribution in [0.1, 0.15) is 24.8 Å². The van der Waals surface area contributed by atoms with Crippen molar-refractivity contribution in [2.24, 2.45) is 10.9 Å². The Bertz CT molecular complexity index is 394. The lowest BCUT2D eigenvalue weighted by Crippen LogP contribution is -2.11. The molecule has 0 atom stereocenters. The molecule has 0 saturated carbocycles. The molecule has 0 aliphatic heterocycles. The number of unbranched alkanes of at least 4 members (excludes halogenated alkanes) is 1. The van der Waals surface area contributed by atoms with Crippen molar-refractivity contribution >= 4 is 5.84 Å². The molecule has 1 aromatic rings. The van der Waals surface area contributed by atoms with E-state index >= 15 is 0 Å². The number of hydrogen-bond donors (Lipinski definition) is 2. The summed E-state index contributed by atoms with van der Waals surface area (Å²) in [5.41, 5.74) is 5.91. The highest BCUT2D eigenvalue weighted by Gasteiger charge is 2.00. The van der Waals surface area contributed by atoms with E-state index in [2.05, 4.69) is 5.16 Å². The van der Waals surface area contributed by atoms with Crippen molar-refractivity contribution in [2.75, 3.05) is 6.61 Å². The zero-order valence-electron chi connectivity index (χ0n) is 9.82. The first kappa shape index (κ1) is 13.3. The lowest BCUT2D eigenvalue weighted by molar-refractivity contribution is 0.303. The molecule has 0 aliphatic carbocycles. The molecular formula is C12H17FN2O2. The third kappa shape index (κ3) is 4.72. The molecule has 94 valence electrons. The summed E-state index contributed by atoms with van der Waals surface area (Å²) < 4.78 is 18.5. The van der Waals surface area contributed by atoms with Crippen molar-refractivity contribution < 1.29 is 14.3 Å². The van der Waals surface area contributed by atoms with E-state index < -0.39 is 0 Å². The van der Waals surface area contributed by atoms with Crippen molar-refractivity contribution in [3.05, 3.63) is 29.6 Å². The van der Waals surface area contributed by atoms with Crippen molar-refractivity contribution in [1.82, 2.24) is 0 Å². The molecular weight excluding hydrogens is 223 g/mol. The number of nitrogens with two attached hydrogens (primary N) is 1. The Morgan fingerprint density at radius 1 is 1.47 bits per heavy atom. The second-order valence-electron chi connectivity index (χ2n) is 3.81. The maximum Gasteiger partial charge on any atom is 0.139 e. The Hall–Kier alpha value is -1.78. The monoisotopic (exact) mass is 240 g/mol. The van der Waals surface area contributed by atoms with Crippen LogP contribution in [0.5, 0.6) is 5.75 Å². The fourth-order valence-electron chi connectivity index (χ4n) is 1.31. The molecule has 0 spiro atoms. The van der Waals surface area contributed by atoms with Gasteiger partial charge in [0.25, 0.3) is 0 Å². The molecule has 5 heteroatoms. The van der Waals surface area contributed by atoms with Crippen molar-refractivity contribution in [2.45, 2.75) is 26.2 Å². The number of amidine groups is 1. The van der Waals surface area contributed by atoms with Crippen LogP contribution in [0.25, 0.3) is 0 Å². The molecule has 1 aromatic carbocycles. The molecule has 17 heavy (non-hydrogen) atoms. The Labute approximate surface area is 99.9 Å². The molecule has 0 bridgehead atoms. The minimum Gasteiger partial charge on any atom is -0.493 e. The van der Waals surface area contributed by atoms with Gasteiger partial charge in [0.2, 0.25) is 0 Å². The zero-order chi connectivity index (χ0) is 12.7. The summed E-state index contributed by atoms with van der Waals surface area (Å²) in [6, 6.07) is 4.79. The van der Waals surface area contributed by atoms with Gasteiger partial charge in [-0.05, 0) is 31.4 Å². The standard InChI is InChI=1S/C12H17FN2O2/c1-9-5-6-10(8-11(9)13)17-7-3-2-4-12(14)15-16/h5-6,8,16H,2-4,7H2,1H3,(H2,14,15). The predicted octanol–water partition coefficient (Wildman–Crippen LogP) is 2.43. The Morgan fingerprint density at radius 2 is 2.24 bits per heavy atom. The fourth-order valence-corrected chi connectivity index (χ4v) is 1.31. The van der Waals surface area contributed by atoms with Gasteiger partial charge in [0, 0.05) is 12.5 Å². The van der Waals surface area contributed by atoms with E-state index in [1.54, 1.807) is 19.1 Å². The first-order chi connectivity index (χ1) is 8.13. The average molecular weight is 240 g/mol. The van der Waals surface area contributed by atoms with Gasteiger partial charge in [0.15, 0.2) is 0 Å². The predicted molar refractivity (Wildman–Crippen MR) is 63.9 cm³/mol. The normalized spacial score (nSPS) is 11.5. The van der Waals surface area contributed by atoms with Crippen molar-refractivity contribution in [3.63, 3.8) is 0 Å². The van der Waals surface area contributed by atoms with Crippen LogP contribution in [0.15, 0.2) is 23.4 Å². The smallest absolute Gasteiger partial charge is 0.139 e. The number of halogens is 1. The molecule has 0 fully saturated rings. The van der Waals surface area contributed by atoms with Crippen LogP contribution in [-0.4, -0.2) is 17.6 Å². The third-order valence-electron chi connectivity index (χ3n) is 2.37. The average Bonchev–Trinajstić information content (AvgIpc) is 2.33. The van der Waals surface area contributed by atoms with Crippen LogP contribution in [0.4, 0.5) is 4.39 Å². The SMILES string of the molecule is Cc1ccc(OCCCC/C(N)=N/O)cc1F. The van der Waals surface area contributed by atoms with Gasteiger partial charge in [-0.2, -0.15) is 0 Å². The van der Waals surface area contributed by atoms with Crippen LogP contribution in [0, 0.1) is 12.7 Å². The number of hydrogen-bond acceptors (Lipinski definition) is 3. The van der Waals surface area contributed by atoms with Gasteiger partial charge < -0.3 is 15.7 Å². The maximum absolute atomic E-state index is 13.2. The summed E-state index contributed by atoms with van der Waals surface area (Å²) in [5, 5.41) is 11.2. The van der Waals surface area contributed by atoms with Crippen LogP contribution in [0.3, 0.4) is 0 Å². The number of ether oxygens (including phenoxy) is 1. The lowest BCUT2D eigenvalue weighted by atomic mass is 10.2. The molecule has 0 amide bonds. The van der Waals surface area contributed by atoms with Gasteiger partial charge in [-0.1, -0.05) is 11.2 Å². The van der Waals surface area contributed by atoms with Gasteiger partial charge in [0.05, 0.1) is 6.61 Å². The van der Waals surface area contributed by atoms with Gasteiger partial charge in [-0.25, -0.2) is 4.39 Å². The first-order valence-corrected chi connectivity index (χ1v) is 5.49. The number of aryl methyl sites for hydroxylation is 1. The van der Waals surface area contributed by atoms with E-state index in [4.69, 9.17) is 15.7 Å². The number of benzene rings is 1. The molecule has 4 nitrogen and oxygen atoms in total. The van der Waals surface area contributed by atoms with E-state index in [0.29, 0.717) is 24.3 Å². The van der Waals surface area contributed by atoms with Crippen molar-refractivity contribution in [1.29, 1.82) is 0 Å². The lowest BCUT2D eigenvalue weighted by Gasteiger charge is -2.06. The fraction of sp³-hybridized carbons (Fsp3) is 0.417. The molecule has 0 unspecified atom stereocenters. The second kappa shape index (κ2) is 6.73. The summed E-state index contributed by atoms with van der Waals surface area (Å²) in [5.74, 6) is 0.474. The quantitative estimate of drug-likeness (QED) is 0.264. The second-order valence-corrected chi connectivity index (χ2v) is 3.81. The summed E-state index contributed by atoms with van der Waals surface area (Å²) in [6.07, 6.45) is 2.07. The molecule has 3 N–H and O–H groups in total. The Balaban J connectivity index is 2.24. The minimum atomic E-state index is -0.265. The van der Waals surface area contributed by atoms with E-state index in [9.17, 15) is 4.39 Å². The molecule has 0 radical (unpaired) electrons. The Kier molecular flexibility index (Phi) is 5.26. The molecule has 0 aliphatic rings. The number of oxime groups is 1. The van der Waals surface area contributed by atoms with Crippen LogP contribution in [0.2, 0.25) is 0 Å². The minimum absolute atomic E-state index is 0.214. The third-order valence-corrected chi connectivity index (χ3v) is 2.37. The van der Waals surface area contributed by atoms with E-state index in [-0.39, 0.29) is 11.7 Å². The van der Waals surface area contributed by atoms with Crippen LogP contribution >= 0.6 is 0 Å². The van der Waals surface area contributed by atoms with E-state index in [1.165, 1.54) is 6.07 Å². The summed E-state index contributed by atoms with van der Waals surface area (Å²) in [4.78, 5) is 0. The highest BCUT2D eigenvalue weighted by atomic mass is 19.1. The summed E-state index contributed by atoms with van der Waals surface area (Å²) in [7, 11) is 0. The van der Waals surface area contributed by atoms with Gasteiger partial charge in [-0.15, -0.1) is 0 Å². The highest BCUT2D eigenvalue weighted by molar-refractivity contribution is 5.79.